The van der Waals surface area contributed by atoms with Crippen LogP contribution in [0, 0.1) is 17.3 Å². The van der Waals surface area contributed by atoms with Crippen molar-refractivity contribution < 1.29 is 23.5 Å². The van der Waals surface area contributed by atoms with Crippen LogP contribution in [0.4, 0.5) is 0 Å². The Labute approximate surface area is 187 Å². The van der Waals surface area contributed by atoms with Crippen molar-refractivity contribution in [2.45, 2.75) is 97.2 Å². The predicted octanol–water partition coefficient (Wildman–Crippen LogP) is 6.02. The Morgan fingerprint density at radius 2 is 1.81 bits per heavy atom. The standard InChI is InChI=1S/C25H38O5Si/c1-7-28-22(26)25-18-13-9-8-11-16(18)21(30-31(5,6)24(2,3)4)15-19(25)17-12-10-14-20(17)29-23(25)27/h18-19H,7-15H2,1-6H3. The van der Waals surface area contributed by atoms with Gasteiger partial charge in [-0.25, -0.2) is 0 Å². The number of allylic oxidation sites excluding steroid dienone is 4. The molecular weight excluding hydrogens is 408 g/mol. The van der Waals surface area contributed by atoms with E-state index in [1.807, 2.05) is 6.92 Å². The maximum absolute atomic E-state index is 13.6. The number of carbonyl (C=O) groups excluding carboxylic acids is 2. The summed E-state index contributed by atoms with van der Waals surface area (Å²) in [5.74, 6) is 0.722. The van der Waals surface area contributed by atoms with Crippen molar-refractivity contribution in [2.24, 2.45) is 17.3 Å². The minimum Gasteiger partial charge on any atom is -0.547 e. The van der Waals surface area contributed by atoms with Gasteiger partial charge in [-0.3, -0.25) is 9.59 Å². The van der Waals surface area contributed by atoms with Gasteiger partial charge in [-0.2, -0.15) is 0 Å². The fourth-order valence-corrected chi connectivity index (χ4v) is 7.00. The first-order valence-corrected chi connectivity index (χ1v) is 15.0. The SMILES string of the molecule is CCOC(=O)C12C(=O)OC3=C(CCC3)C1CC(O[Si](C)(C)C(C)(C)C)=C1CCCCC12. The normalized spacial score (nSPS) is 31.0. The van der Waals surface area contributed by atoms with E-state index in [1.54, 1.807) is 0 Å². The second-order valence-corrected chi connectivity index (χ2v) is 15.9. The molecule has 4 aliphatic rings. The Balaban J connectivity index is 1.87. The fourth-order valence-electron chi connectivity index (χ4n) is 5.86. The van der Waals surface area contributed by atoms with Crippen LogP contribution in [0.3, 0.4) is 0 Å². The molecule has 6 heteroatoms. The van der Waals surface area contributed by atoms with Crippen molar-refractivity contribution in [3.8, 4) is 0 Å². The van der Waals surface area contributed by atoms with E-state index in [0.717, 1.165) is 62.0 Å². The Morgan fingerprint density at radius 1 is 1.10 bits per heavy atom. The van der Waals surface area contributed by atoms with Gasteiger partial charge >= 0.3 is 11.9 Å². The summed E-state index contributed by atoms with van der Waals surface area (Å²) in [5, 5.41) is 0.0870. The van der Waals surface area contributed by atoms with Crippen LogP contribution in [0.1, 0.15) is 79.1 Å². The van der Waals surface area contributed by atoms with Crippen LogP contribution >= 0.6 is 0 Å². The quantitative estimate of drug-likeness (QED) is 0.300. The van der Waals surface area contributed by atoms with E-state index >= 15 is 0 Å². The summed E-state index contributed by atoms with van der Waals surface area (Å²) in [4.78, 5) is 27.2. The van der Waals surface area contributed by atoms with Gasteiger partial charge in [-0.15, -0.1) is 0 Å². The summed E-state index contributed by atoms with van der Waals surface area (Å²) >= 11 is 0. The summed E-state index contributed by atoms with van der Waals surface area (Å²) in [5.41, 5.74) is 1.10. The molecule has 3 atom stereocenters. The Bertz CT molecular complexity index is 846. The zero-order valence-electron chi connectivity index (χ0n) is 20.1. The molecule has 0 bridgehead atoms. The first-order valence-electron chi connectivity index (χ1n) is 12.1. The molecule has 0 saturated heterocycles. The van der Waals surface area contributed by atoms with Gasteiger partial charge in [0.25, 0.3) is 0 Å². The molecule has 0 amide bonds. The minimum atomic E-state index is -2.05. The van der Waals surface area contributed by atoms with Crippen LogP contribution in [-0.4, -0.2) is 26.9 Å². The topological polar surface area (TPSA) is 61.8 Å². The second-order valence-electron chi connectivity index (χ2n) is 11.1. The second kappa shape index (κ2) is 7.79. The number of carbonyl (C=O) groups is 2. The number of rotatable bonds is 4. The lowest BCUT2D eigenvalue weighted by molar-refractivity contribution is -0.182. The first kappa shape index (κ1) is 22.6. The van der Waals surface area contributed by atoms with Crippen LogP contribution < -0.4 is 0 Å². The third-order valence-electron chi connectivity index (χ3n) is 8.44. The van der Waals surface area contributed by atoms with Crippen LogP contribution in [0.25, 0.3) is 0 Å². The third kappa shape index (κ3) is 3.40. The lowest BCUT2D eigenvalue weighted by Gasteiger charge is -2.52. The summed E-state index contributed by atoms with van der Waals surface area (Å²) in [6, 6.07) is 0. The van der Waals surface area contributed by atoms with Gasteiger partial charge in [0.05, 0.1) is 12.4 Å². The van der Waals surface area contributed by atoms with Gasteiger partial charge in [0.2, 0.25) is 8.32 Å². The number of ether oxygens (including phenoxy) is 2. The van der Waals surface area contributed by atoms with E-state index in [0.29, 0.717) is 6.42 Å². The van der Waals surface area contributed by atoms with E-state index < -0.39 is 13.7 Å². The van der Waals surface area contributed by atoms with E-state index in [4.69, 9.17) is 13.9 Å². The fraction of sp³-hybridized carbons (Fsp3) is 0.760. The lowest BCUT2D eigenvalue weighted by Crippen LogP contribution is -2.58. The molecule has 5 nitrogen and oxygen atoms in total. The molecule has 1 saturated carbocycles. The Kier molecular flexibility index (Phi) is 5.68. The van der Waals surface area contributed by atoms with Crippen LogP contribution in [-0.2, 0) is 23.5 Å². The Morgan fingerprint density at radius 3 is 2.48 bits per heavy atom. The number of hydrogen-bond donors (Lipinski definition) is 0. The molecule has 0 aromatic rings. The summed E-state index contributed by atoms with van der Waals surface area (Å²) in [7, 11) is -2.05. The molecule has 1 fully saturated rings. The highest BCUT2D eigenvalue weighted by Crippen LogP contribution is 2.61. The van der Waals surface area contributed by atoms with Crippen molar-refractivity contribution in [3.05, 3.63) is 22.7 Å². The predicted molar refractivity (Wildman–Crippen MR) is 121 cm³/mol. The largest absolute Gasteiger partial charge is 0.547 e. The molecule has 0 N–H and O–H groups in total. The number of esters is 2. The molecule has 172 valence electrons. The number of hydrogen-bond acceptors (Lipinski definition) is 5. The van der Waals surface area contributed by atoms with E-state index in [2.05, 4.69) is 33.9 Å². The molecule has 3 unspecified atom stereocenters. The zero-order valence-corrected chi connectivity index (χ0v) is 21.1. The molecule has 0 radical (unpaired) electrons. The average molecular weight is 447 g/mol. The van der Waals surface area contributed by atoms with Gasteiger partial charge in [-0.1, -0.05) is 27.2 Å². The first-order chi connectivity index (χ1) is 14.5. The van der Waals surface area contributed by atoms with Crippen molar-refractivity contribution in [2.75, 3.05) is 6.61 Å². The molecule has 0 spiro atoms. The van der Waals surface area contributed by atoms with E-state index in [1.165, 1.54) is 5.57 Å². The molecule has 1 heterocycles. The molecular formula is C25H38O5Si. The maximum Gasteiger partial charge on any atom is 0.329 e. The highest BCUT2D eigenvalue weighted by Gasteiger charge is 2.67. The van der Waals surface area contributed by atoms with Crippen molar-refractivity contribution in [1.29, 1.82) is 0 Å². The molecule has 1 aliphatic heterocycles. The molecule has 3 aliphatic carbocycles. The van der Waals surface area contributed by atoms with Crippen molar-refractivity contribution >= 4 is 20.3 Å². The van der Waals surface area contributed by atoms with Gasteiger partial charge < -0.3 is 13.9 Å². The monoisotopic (exact) mass is 446 g/mol. The molecule has 0 aromatic heterocycles. The highest BCUT2D eigenvalue weighted by atomic mass is 28.4. The van der Waals surface area contributed by atoms with E-state index in [9.17, 15) is 9.59 Å². The smallest absolute Gasteiger partial charge is 0.329 e. The maximum atomic E-state index is 13.6. The van der Waals surface area contributed by atoms with Crippen molar-refractivity contribution in [3.63, 3.8) is 0 Å². The van der Waals surface area contributed by atoms with Crippen LogP contribution in [0.15, 0.2) is 22.7 Å². The summed E-state index contributed by atoms with van der Waals surface area (Å²) in [6.45, 7) is 13.4. The van der Waals surface area contributed by atoms with Crippen LogP contribution in [0.2, 0.25) is 18.1 Å². The van der Waals surface area contributed by atoms with Crippen molar-refractivity contribution in [1.82, 2.24) is 0 Å². The highest BCUT2D eigenvalue weighted by molar-refractivity contribution is 6.74. The zero-order chi connectivity index (χ0) is 22.6. The van der Waals surface area contributed by atoms with Gasteiger partial charge in [0.1, 0.15) is 5.76 Å². The number of fused-ring (bicyclic) bond motifs is 4. The Hall–Kier alpha value is -1.56. The minimum absolute atomic E-state index is 0.0870. The van der Waals surface area contributed by atoms with Gasteiger partial charge in [0, 0.05) is 24.7 Å². The van der Waals surface area contributed by atoms with Crippen LogP contribution in [0.5, 0.6) is 0 Å². The molecule has 0 aromatic carbocycles. The third-order valence-corrected chi connectivity index (χ3v) is 12.8. The average Bonchev–Trinajstić information content (AvgIpc) is 3.15. The molecule has 31 heavy (non-hydrogen) atoms. The summed E-state index contributed by atoms with van der Waals surface area (Å²) in [6.07, 6.45) is 7.06. The van der Waals surface area contributed by atoms with E-state index in [-0.39, 0.29) is 35.4 Å². The van der Waals surface area contributed by atoms with Gasteiger partial charge in [-0.05, 0) is 68.3 Å². The molecule has 4 rings (SSSR count). The van der Waals surface area contributed by atoms with Gasteiger partial charge in [0.15, 0.2) is 5.41 Å². The lowest BCUT2D eigenvalue weighted by atomic mass is 9.53. The summed E-state index contributed by atoms with van der Waals surface area (Å²) < 4.78 is 18.4.